The van der Waals surface area contributed by atoms with Crippen LogP contribution >= 0.6 is 11.8 Å². The molecule has 2 heterocycles. The molecule has 2 atom stereocenters. The Balaban J connectivity index is 1.89. The average Bonchev–Trinajstić information content (AvgIpc) is 2.71. The first-order valence-electron chi connectivity index (χ1n) is 5.59. The maximum atomic E-state index is 11.3. The van der Waals surface area contributed by atoms with Gasteiger partial charge < -0.3 is 11.1 Å². The Hall–Kier alpha value is -0.260. The van der Waals surface area contributed by atoms with Crippen LogP contribution in [0.3, 0.4) is 0 Å². The quantitative estimate of drug-likeness (QED) is 0.685. The lowest BCUT2D eigenvalue weighted by molar-refractivity contribution is -0.124. The molecule has 5 heteroatoms. The molecule has 2 aliphatic rings. The van der Waals surface area contributed by atoms with Gasteiger partial charge in [0.05, 0.1) is 0 Å². The van der Waals surface area contributed by atoms with Gasteiger partial charge in [-0.05, 0) is 23.8 Å². The van der Waals surface area contributed by atoms with E-state index in [1.54, 1.807) is 0 Å². The molecule has 2 rings (SSSR count). The molecule has 86 valence electrons. The summed E-state index contributed by atoms with van der Waals surface area (Å²) < 4.78 is 0. The van der Waals surface area contributed by atoms with Crippen molar-refractivity contribution in [1.29, 1.82) is 0 Å². The van der Waals surface area contributed by atoms with E-state index in [0.717, 1.165) is 32.1 Å². The van der Waals surface area contributed by atoms with Gasteiger partial charge in [0.1, 0.15) is 6.04 Å². The van der Waals surface area contributed by atoms with Crippen LogP contribution in [0.2, 0.25) is 0 Å². The Labute approximate surface area is 94.9 Å². The van der Waals surface area contributed by atoms with Crippen molar-refractivity contribution in [3.63, 3.8) is 0 Å². The molecule has 0 spiro atoms. The third kappa shape index (κ3) is 2.86. The minimum Gasteiger partial charge on any atom is -0.368 e. The van der Waals surface area contributed by atoms with Crippen LogP contribution in [-0.4, -0.2) is 54.5 Å². The van der Waals surface area contributed by atoms with Crippen molar-refractivity contribution in [2.45, 2.75) is 12.5 Å². The highest BCUT2D eigenvalue weighted by Crippen LogP contribution is 2.24. The normalized spacial score (nSPS) is 33.1. The smallest absolute Gasteiger partial charge is 0.236 e. The van der Waals surface area contributed by atoms with Gasteiger partial charge in [-0.3, -0.25) is 9.69 Å². The topological polar surface area (TPSA) is 58.4 Å². The number of piperazine rings is 1. The lowest BCUT2D eigenvalue weighted by Crippen LogP contribution is -2.57. The minimum absolute atomic E-state index is 0.0932. The lowest BCUT2D eigenvalue weighted by atomic mass is 10.1. The fourth-order valence-electron chi connectivity index (χ4n) is 2.30. The van der Waals surface area contributed by atoms with Crippen molar-refractivity contribution in [1.82, 2.24) is 10.2 Å². The fourth-order valence-corrected chi connectivity index (χ4v) is 3.58. The van der Waals surface area contributed by atoms with Crippen molar-refractivity contribution in [3.8, 4) is 0 Å². The number of hydrogen-bond acceptors (Lipinski definition) is 4. The van der Waals surface area contributed by atoms with Gasteiger partial charge in [0, 0.05) is 26.2 Å². The predicted molar refractivity (Wildman–Crippen MR) is 62.9 cm³/mol. The highest BCUT2D eigenvalue weighted by Gasteiger charge is 2.29. The molecule has 1 amide bonds. The van der Waals surface area contributed by atoms with Crippen LogP contribution in [0.4, 0.5) is 0 Å². The van der Waals surface area contributed by atoms with Crippen molar-refractivity contribution in [2.24, 2.45) is 11.7 Å². The number of nitrogens with zero attached hydrogens (tertiary/aromatic N) is 1. The van der Waals surface area contributed by atoms with E-state index in [9.17, 15) is 4.79 Å². The van der Waals surface area contributed by atoms with Gasteiger partial charge >= 0.3 is 0 Å². The number of rotatable bonds is 3. The summed E-state index contributed by atoms with van der Waals surface area (Å²) >= 11 is 2.02. The second kappa shape index (κ2) is 5.18. The molecule has 4 nitrogen and oxygen atoms in total. The second-order valence-electron chi connectivity index (χ2n) is 4.35. The van der Waals surface area contributed by atoms with E-state index in [-0.39, 0.29) is 11.9 Å². The summed E-state index contributed by atoms with van der Waals surface area (Å²) in [5, 5.41) is 3.22. The second-order valence-corrected chi connectivity index (χ2v) is 5.50. The Bertz CT molecular complexity index is 231. The van der Waals surface area contributed by atoms with E-state index in [1.807, 2.05) is 11.8 Å². The summed E-state index contributed by atoms with van der Waals surface area (Å²) in [4.78, 5) is 13.5. The molecule has 0 saturated carbocycles. The van der Waals surface area contributed by atoms with E-state index in [1.165, 1.54) is 17.9 Å². The molecule has 2 unspecified atom stereocenters. The first kappa shape index (κ1) is 11.2. The van der Waals surface area contributed by atoms with E-state index in [4.69, 9.17) is 5.73 Å². The number of primary amides is 1. The van der Waals surface area contributed by atoms with Gasteiger partial charge in [-0.2, -0.15) is 11.8 Å². The van der Waals surface area contributed by atoms with Gasteiger partial charge in [-0.1, -0.05) is 0 Å². The first-order chi connectivity index (χ1) is 7.27. The zero-order chi connectivity index (χ0) is 10.7. The number of hydrogen-bond donors (Lipinski definition) is 2. The molecular weight excluding hydrogens is 210 g/mol. The van der Waals surface area contributed by atoms with Gasteiger partial charge in [0.15, 0.2) is 0 Å². The number of nitrogens with two attached hydrogens (primary N) is 1. The fraction of sp³-hybridized carbons (Fsp3) is 0.900. The van der Waals surface area contributed by atoms with Crippen LogP contribution in [0, 0.1) is 5.92 Å². The molecule has 0 aromatic heterocycles. The van der Waals surface area contributed by atoms with E-state index in [2.05, 4.69) is 10.2 Å². The predicted octanol–water partition coefficient (Wildman–Crippen LogP) is -0.501. The number of thioether (sulfide) groups is 1. The van der Waals surface area contributed by atoms with E-state index >= 15 is 0 Å². The number of amides is 1. The highest BCUT2D eigenvalue weighted by atomic mass is 32.2. The maximum Gasteiger partial charge on any atom is 0.236 e. The Morgan fingerprint density at radius 1 is 1.60 bits per heavy atom. The van der Waals surface area contributed by atoms with Gasteiger partial charge in [-0.25, -0.2) is 0 Å². The molecule has 3 N–H and O–H groups in total. The summed E-state index contributed by atoms with van der Waals surface area (Å²) in [7, 11) is 0. The molecule has 2 aliphatic heterocycles. The van der Waals surface area contributed by atoms with Crippen LogP contribution in [0.1, 0.15) is 6.42 Å². The molecule has 15 heavy (non-hydrogen) atoms. The maximum absolute atomic E-state index is 11.3. The molecular formula is C10H19N3OS. The zero-order valence-electron chi connectivity index (χ0n) is 8.95. The molecule has 2 fully saturated rings. The average molecular weight is 229 g/mol. The van der Waals surface area contributed by atoms with Crippen LogP contribution in [0.15, 0.2) is 0 Å². The summed E-state index contributed by atoms with van der Waals surface area (Å²) in [5.41, 5.74) is 5.41. The molecule has 0 bridgehead atoms. The summed E-state index contributed by atoms with van der Waals surface area (Å²) in [5.74, 6) is 3.09. The number of carbonyl (C=O) groups excluding carboxylic acids is 1. The van der Waals surface area contributed by atoms with Gasteiger partial charge in [0.25, 0.3) is 0 Å². The summed E-state index contributed by atoms with van der Waals surface area (Å²) in [6, 6.07) is -0.0932. The molecule has 0 aromatic rings. The molecule has 2 saturated heterocycles. The lowest BCUT2D eigenvalue weighted by Gasteiger charge is -2.35. The zero-order valence-corrected chi connectivity index (χ0v) is 9.76. The molecule has 0 aromatic carbocycles. The molecule has 0 radical (unpaired) electrons. The van der Waals surface area contributed by atoms with Crippen molar-refractivity contribution in [2.75, 3.05) is 37.7 Å². The highest BCUT2D eigenvalue weighted by molar-refractivity contribution is 7.99. The largest absolute Gasteiger partial charge is 0.368 e. The van der Waals surface area contributed by atoms with E-state index in [0.29, 0.717) is 0 Å². The van der Waals surface area contributed by atoms with Crippen LogP contribution < -0.4 is 11.1 Å². The SMILES string of the molecule is NC(=O)C1CNCCN1CC1CCSC1. The van der Waals surface area contributed by atoms with Crippen molar-refractivity contribution < 1.29 is 4.79 Å². The third-order valence-electron chi connectivity index (χ3n) is 3.20. The van der Waals surface area contributed by atoms with Crippen molar-refractivity contribution in [3.05, 3.63) is 0 Å². The minimum atomic E-state index is -0.187. The standard InChI is InChI=1S/C10H19N3OS/c11-10(14)9-5-12-2-3-13(9)6-8-1-4-15-7-8/h8-9,12H,1-7H2,(H2,11,14). The van der Waals surface area contributed by atoms with E-state index < -0.39 is 0 Å². The molecule has 0 aliphatic carbocycles. The summed E-state index contributed by atoms with van der Waals surface area (Å²) in [6.45, 7) is 3.69. The Morgan fingerprint density at radius 2 is 2.47 bits per heavy atom. The van der Waals surface area contributed by atoms with Crippen LogP contribution in [-0.2, 0) is 4.79 Å². The van der Waals surface area contributed by atoms with Gasteiger partial charge in [0.2, 0.25) is 5.91 Å². The van der Waals surface area contributed by atoms with Crippen LogP contribution in [0.25, 0.3) is 0 Å². The Morgan fingerprint density at radius 3 is 3.13 bits per heavy atom. The third-order valence-corrected chi connectivity index (χ3v) is 4.43. The summed E-state index contributed by atoms with van der Waals surface area (Å²) in [6.07, 6.45) is 1.29. The number of nitrogens with one attached hydrogen (secondary N) is 1. The number of carbonyl (C=O) groups is 1. The first-order valence-corrected chi connectivity index (χ1v) is 6.74. The van der Waals surface area contributed by atoms with Gasteiger partial charge in [-0.15, -0.1) is 0 Å². The van der Waals surface area contributed by atoms with Crippen LogP contribution in [0.5, 0.6) is 0 Å². The monoisotopic (exact) mass is 229 g/mol. The van der Waals surface area contributed by atoms with Crippen molar-refractivity contribution >= 4 is 17.7 Å². The Kier molecular flexibility index (Phi) is 3.88.